The average Bonchev–Trinajstić information content (AvgIpc) is 2.76. The molecule has 19 heavy (non-hydrogen) atoms. The molecule has 0 aromatic heterocycles. The number of halogens is 5. The third-order valence-electron chi connectivity index (χ3n) is 3.65. The Balaban J connectivity index is 2.40. The summed E-state index contributed by atoms with van der Waals surface area (Å²) >= 11 is 0. The van der Waals surface area contributed by atoms with Crippen LogP contribution in [0.1, 0.15) is 36.8 Å². The molecule has 0 heterocycles. The van der Waals surface area contributed by atoms with Gasteiger partial charge in [-0.25, -0.2) is 0 Å². The molecule has 2 rings (SSSR count). The second kappa shape index (κ2) is 4.44. The lowest BCUT2D eigenvalue weighted by atomic mass is 9.87. The van der Waals surface area contributed by atoms with Crippen LogP contribution in [0.5, 0.6) is 0 Å². The SMILES string of the molecule is NC1(c2cccc(C(F)(F)C(F)(F)F)c2)CCCC1. The molecule has 0 atom stereocenters. The van der Waals surface area contributed by atoms with Crippen molar-refractivity contribution in [2.75, 3.05) is 0 Å². The molecule has 6 heteroatoms. The highest BCUT2D eigenvalue weighted by Gasteiger charge is 2.58. The van der Waals surface area contributed by atoms with E-state index >= 15 is 0 Å². The minimum Gasteiger partial charge on any atom is -0.321 e. The molecule has 1 saturated carbocycles. The Labute approximate surface area is 107 Å². The van der Waals surface area contributed by atoms with Crippen molar-refractivity contribution in [1.82, 2.24) is 0 Å². The zero-order chi connectivity index (χ0) is 14.3. The molecule has 1 fully saturated rings. The maximum absolute atomic E-state index is 13.3. The summed E-state index contributed by atoms with van der Waals surface area (Å²) in [4.78, 5) is 0. The molecule has 0 aliphatic heterocycles. The van der Waals surface area contributed by atoms with Gasteiger partial charge in [-0.1, -0.05) is 31.0 Å². The van der Waals surface area contributed by atoms with Gasteiger partial charge in [-0.15, -0.1) is 0 Å². The monoisotopic (exact) mass is 279 g/mol. The highest BCUT2D eigenvalue weighted by molar-refractivity contribution is 5.33. The Kier molecular flexibility index (Phi) is 3.33. The van der Waals surface area contributed by atoms with Crippen LogP contribution in [0, 0.1) is 0 Å². The quantitative estimate of drug-likeness (QED) is 0.811. The maximum atomic E-state index is 13.3. The molecular formula is C13H14F5N. The summed E-state index contributed by atoms with van der Waals surface area (Å²) in [6.07, 6.45) is -2.67. The van der Waals surface area contributed by atoms with Gasteiger partial charge in [0.15, 0.2) is 0 Å². The number of hydrogen-bond donors (Lipinski definition) is 1. The Bertz CT molecular complexity index is 460. The Morgan fingerprint density at radius 3 is 2.11 bits per heavy atom. The molecule has 0 radical (unpaired) electrons. The largest absolute Gasteiger partial charge is 0.458 e. The summed E-state index contributed by atoms with van der Waals surface area (Å²) in [5.74, 6) is -4.85. The molecule has 1 aliphatic carbocycles. The van der Waals surface area contributed by atoms with Crippen LogP contribution in [0.25, 0.3) is 0 Å². The normalized spacial score (nSPS) is 19.7. The van der Waals surface area contributed by atoms with Crippen molar-refractivity contribution >= 4 is 0 Å². The van der Waals surface area contributed by atoms with Gasteiger partial charge in [-0.05, 0) is 24.5 Å². The molecule has 1 aromatic carbocycles. The summed E-state index contributed by atoms with van der Waals surface area (Å²) in [6, 6.07) is 4.40. The van der Waals surface area contributed by atoms with Gasteiger partial charge in [0, 0.05) is 11.1 Å². The molecule has 1 aliphatic rings. The first-order valence-electron chi connectivity index (χ1n) is 6.01. The van der Waals surface area contributed by atoms with Crippen molar-refractivity contribution in [3.63, 3.8) is 0 Å². The van der Waals surface area contributed by atoms with E-state index < -0.39 is 23.2 Å². The number of rotatable bonds is 2. The highest BCUT2D eigenvalue weighted by Crippen LogP contribution is 2.45. The van der Waals surface area contributed by atoms with Crippen LogP contribution in [0.4, 0.5) is 22.0 Å². The van der Waals surface area contributed by atoms with Crippen molar-refractivity contribution in [1.29, 1.82) is 0 Å². The van der Waals surface area contributed by atoms with Crippen molar-refractivity contribution in [3.8, 4) is 0 Å². The van der Waals surface area contributed by atoms with Gasteiger partial charge in [-0.3, -0.25) is 0 Å². The molecule has 1 nitrogen and oxygen atoms in total. The molecule has 0 unspecified atom stereocenters. The van der Waals surface area contributed by atoms with E-state index in [1.54, 1.807) is 0 Å². The van der Waals surface area contributed by atoms with E-state index in [1.165, 1.54) is 12.1 Å². The Hall–Kier alpha value is -1.17. The predicted octanol–water partition coefficient (Wildman–Crippen LogP) is 4.07. The topological polar surface area (TPSA) is 26.0 Å². The van der Waals surface area contributed by atoms with Crippen LogP contribution in [0.3, 0.4) is 0 Å². The van der Waals surface area contributed by atoms with E-state index in [2.05, 4.69) is 0 Å². The smallest absolute Gasteiger partial charge is 0.321 e. The minimum absolute atomic E-state index is 0.353. The molecule has 1 aromatic rings. The lowest BCUT2D eigenvalue weighted by Crippen LogP contribution is -2.36. The predicted molar refractivity (Wildman–Crippen MR) is 60.7 cm³/mol. The summed E-state index contributed by atoms with van der Waals surface area (Å²) in [6.45, 7) is 0. The summed E-state index contributed by atoms with van der Waals surface area (Å²) < 4.78 is 63.6. The zero-order valence-corrected chi connectivity index (χ0v) is 10.1. The van der Waals surface area contributed by atoms with Crippen molar-refractivity contribution in [2.24, 2.45) is 5.73 Å². The number of nitrogens with two attached hydrogens (primary N) is 1. The first kappa shape index (κ1) is 14.2. The molecule has 0 saturated heterocycles. The molecule has 0 bridgehead atoms. The zero-order valence-electron chi connectivity index (χ0n) is 10.1. The van der Waals surface area contributed by atoms with Crippen LogP contribution in [0.2, 0.25) is 0 Å². The second-order valence-electron chi connectivity index (χ2n) is 5.02. The summed E-state index contributed by atoms with van der Waals surface area (Å²) in [7, 11) is 0. The van der Waals surface area contributed by atoms with E-state index in [0.29, 0.717) is 18.4 Å². The van der Waals surface area contributed by atoms with Gasteiger partial charge < -0.3 is 5.73 Å². The van der Waals surface area contributed by atoms with Crippen LogP contribution < -0.4 is 5.73 Å². The highest BCUT2D eigenvalue weighted by atomic mass is 19.4. The van der Waals surface area contributed by atoms with E-state index in [9.17, 15) is 22.0 Å². The lowest BCUT2D eigenvalue weighted by molar-refractivity contribution is -0.289. The lowest BCUT2D eigenvalue weighted by Gasteiger charge is -2.26. The minimum atomic E-state index is -5.59. The standard InChI is InChI=1S/C13H14F5N/c14-12(15,13(16,17)18)10-5-3-4-9(8-10)11(19)6-1-2-7-11/h3-5,8H,1-2,6-7,19H2. The number of benzene rings is 1. The van der Waals surface area contributed by atoms with Crippen LogP contribution in [-0.2, 0) is 11.5 Å². The van der Waals surface area contributed by atoms with Gasteiger partial charge in [0.25, 0.3) is 0 Å². The molecule has 0 amide bonds. The fourth-order valence-corrected chi connectivity index (χ4v) is 2.48. The van der Waals surface area contributed by atoms with Crippen molar-refractivity contribution in [2.45, 2.75) is 43.3 Å². The van der Waals surface area contributed by atoms with Crippen LogP contribution >= 0.6 is 0 Å². The van der Waals surface area contributed by atoms with Crippen LogP contribution in [0.15, 0.2) is 24.3 Å². The van der Waals surface area contributed by atoms with Gasteiger partial charge in [0.05, 0.1) is 0 Å². The van der Waals surface area contributed by atoms with E-state index in [0.717, 1.165) is 25.0 Å². The van der Waals surface area contributed by atoms with Gasteiger partial charge in [-0.2, -0.15) is 22.0 Å². The summed E-state index contributed by atoms with van der Waals surface area (Å²) in [5.41, 5.74) is 4.60. The number of hydrogen-bond acceptors (Lipinski definition) is 1. The Morgan fingerprint density at radius 1 is 1.00 bits per heavy atom. The van der Waals surface area contributed by atoms with Gasteiger partial charge in [0.2, 0.25) is 0 Å². The maximum Gasteiger partial charge on any atom is 0.458 e. The first-order valence-corrected chi connectivity index (χ1v) is 6.01. The third kappa shape index (κ3) is 2.45. The number of alkyl halides is 5. The molecular weight excluding hydrogens is 265 g/mol. The van der Waals surface area contributed by atoms with E-state index in [4.69, 9.17) is 5.73 Å². The third-order valence-corrected chi connectivity index (χ3v) is 3.65. The molecule has 106 valence electrons. The molecule has 0 spiro atoms. The Morgan fingerprint density at radius 2 is 1.58 bits per heavy atom. The van der Waals surface area contributed by atoms with Crippen molar-refractivity contribution < 1.29 is 22.0 Å². The van der Waals surface area contributed by atoms with E-state index in [-0.39, 0.29) is 0 Å². The van der Waals surface area contributed by atoms with E-state index in [1.807, 2.05) is 0 Å². The molecule has 2 N–H and O–H groups in total. The second-order valence-corrected chi connectivity index (χ2v) is 5.02. The first-order chi connectivity index (χ1) is 8.67. The van der Waals surface area contributed by atoms with Crippen molar-refractivity contribution in [3.05, 3.63) is 35.4 Å². The summed E-state index contributed by atoms with van der Waals surface area (Å²) in [5, 5.41) is 0. The van der Waals surface area contributed by atoms with Gasteiger partial charge >= 0.3 is 12.1 Å². The fourth-order valence-electron chi connectivity index (χ4n) is 2.48. The fraction of sp³-hybridized carbons (Fsp3) is 0.538. The van der Waals surface area contributed by atoms with Crippen LogP contribution in [-0.4, -0.2) is 6.18 Å². The average molecular weight is 279 g/mol. The van der Waals surface area contributed by atoms with Gasteiger partial charge in [0.1, 0.15) is 0 Å².